The van der Waals surface area contributed by atoms with Crippen LogP contribution in [0.1, 0.15) is 67.1 Å². The highest BCUT2D eigenvalue weighted by Gasteiger charge is 2.40. The number of ether oxygens (including phenoxy) is 1. The summed E-state index contributed by atoms with van der Waals surface area (Å²) < 4.78 is 5.46. The lowest BCUT2D eigenvalue weighted by molar-refractivity contribution is -0.136. The van der Waals surface area contributed by atoms with Crippen LogP contribution < -0.4 is 5.32 Å². The fourth-order valence-electron chi connectivity index (χ4n) is 4.54. The summed E-state index contributed by atoms with van der Waals surface area (Å²) in [5.41, 5.74) is 4.22. The van der Waals surface area contributed by atoms with Crippen LogP contribution in [0.25, 0.3) is 5.57 Å². The molecule has 3 aliphatic rings. The standard InChI is InChI=1S/C24H29N3O5/c1-14-16(15-9-11-26(12-10-15)23(31)32-24(2,3)4)5-6-17-18(14)13-27(22(17)30)19-7-8-20(28)25-21(19)29/h5-6,9,19H,7-8,10-13H2,1-4H3,(H,25,28,29). The van der Waals surface area contributed by atoms with E-state index in [1.165, 1.54) is 0 Å². The van der Waals surface area contributed by atoms with E-state index in [1.807, 2.05) is 45.9 Å². The van der Waals surface area contributed by atoms with Crippen LogP contribution >= 0.6 is 0 Å². The summed E-state index contributed by atoms with van der Waals surface area (Å²) in [6, 6.07) is 3.16. The number of amides is 4. The second-order valence-electron chi connectivity index (χ2n) is 9.57. The Morgan fingerprint density at radius 3 is 2.47 bits per heavy atom. The molecule has 8 heteroatoms. The summed E-state index contributed by atoms with van der Waals surface area (Å²) in [7, 11) is 0. The number of nitrogens with zero attached hydrogens (tertiary/aromatic N) is 2. The van der Waals surface area contributed by atoms with Crippen molar-refractivity contribution in [3.63, 3.8) is 0 Å². The average molecular weight is 440 g/mol. The van der Waals surface area contributed by atoms with Gasteiger partial charge in [0.1, 0.15) is 11.6 Å². The average Bonchev–Trinajstić information content (AvgIpc) is 3.05. The zero-order valence-electron chi connectivity index (χ0n) is 19.0. The predicted molar refractivity (Wildman–Crippen MR) is 118 cm³/mol. The van der Waals surface area contributed by atoms with E-state index in [1.54, 1.807) is 9.80 Å². The topological polar surface area (TPSA) is 96.0 Å². The summed E-state index contributed by atoms with van der Waals surface area (Å²) in [4.78, 5) is 52.3. The Balaban J connectivity index is 1.52. The third-order valence-corrected chi connectivity index (χ3v) is 6.21. The molecular formula is C24H29N3O5. The molecule has 0 spiro atoms. The molecule has 1 atom stereocenters. The SMILES string of the molecule is Cc1c(C2=CCN(C(=O)OC(C)(C)C)CC2)ccc2c1CN(C1CCC(=O)NC1=O)C2=O. The fraction of sp³-hybridized carbons (Fsp3) is 0.500. The molecule has 1 aromatic carbocycles. The lowest BCUT2D eigenvalue weighted by Crippen LogP contribution is -2.52. The van der Waals surface area contributed by atoms with E-state index in [9.17, 15) is 19.2 Å². The molecule has 170 valence electrons. The van der Waals surface area contributed by atoms with Crippen molar-refractivity contribution in [3.05, 3.63) is 40.5 Å². The molecule has 0 saturated carbocycles. The summed E-state index contributed by atoms with van der Waals surface area (Å²) in [5.74, 6) is -0.867. The normalized spacial score (nSPS) is 21.3. The zero-order chi connectivity index (χ0) is 23.2. The van der Waals surface area contributed by atoms with Crippen LogP contribution in [0, 0.1) is 6.92 Å². The zero-order valence-corrected chi connectivity index (χ0v) is 19.0. The second kappa shape index (κ2) is 8.07. The first-order chi connectivity index (χ1) is 15.0. The molecule has 0 bridgehead atoms. The van der Waals surface area contributed by atoms with Crippen molar-refractivity contribution in [1.82, 2.24) is 15.1 Å². The van der Waals surface area contributed by atoms with Gasteiger partial charge in [0.2, 0.25) is 11.8 Å². The van der Waals surface area contributed by atoms with Gasteiger partial charge in [-0.3, -0.25) is 19.7 Å². The van der Waals surface area contributed by atoms with Gasteiger partial charge < -0.3 is 14.5 Å². The quantitative estimate of drug-likeness (QED) is 0.715. The molecule has 4 amide bonds. The molecule has 8 nitrogen and oxygen atoms in total. The largest absolute Gasteiger partial charge is 0.444 e. The van der Waals surface area contributed by atoms with Crippen LogP contribution in [-0.2, 0) is 20.9 Å². The Kier molecular flexibility index (Phi) is 5.56. The van der Waals surface area contributed by atoms with E-state index in [-0.39, 0.29) is 24.3 Å². The number of rotatable bonds is 2. The van der Waals surface area contributed by atoms with Crippen molar-refractivity contribution in [2.24, 2.45) is 0 Å². The van der Waals surface area contributed by atoms with Crippen molar-refractivity contribution in [2.75, 3.05) is 13.1 Å². The van der Waals surface area contributed by atoms with E-state index in [4.69, 9.17) is 4.74 Å². The fourth-order valence-corrected chi connectivity index (χ4v) is 4.54. The van der Waals surface area contributed by atoms with Gasteiger partial charge in [-0.05, 0) is 68.9 Å². The third-order valence-electron chi connectivity index (χ3n) is 6.21. The summed E-state index contributed by atoms with van der Waals surface area (Å²) in [6.07, 6.45) is 3.01. The van der Waals surface area contributed by atoms with E-state index in [2.05, 4.69) is 5.32 Å². The van der Waals surface area contributed by atoms with Gasteiger partial charge in [0, 0.05) is 31.6 Å². The molecule has 1 fully saturated rings. The van der Waals surface area contributed by atoms with Crippen molar-refractivity contribution in [3.8, 4) is 0 Å². The van der Waals surface area contributed by atoms with Crippen LogP contribution in [-0.4, -0.2) is 58.3 Å². The van der Waals surface area contributed by atoms with Gasteiger partial charge in [-0.1, -0.05) is 12.1 Å². The molecule has 0 aliphatic carbocycles. The lowest BCUT2D eigenvalue weighted by Gasteiger charge is -2.30. The minimum absolute atomic E-state index is 0.169. The predicted octanol–water partition coefficient (Wildman–Crippen LogP) is 2.78. The van der Waals surface area contributed by atoms with Crippen LogP contribution in [0.4, 0.5) is 4.79 Å². The molecule has 3 aliphatic heterocycles. The smallest absolute Gasteiger partial charge is 0.410 e. The highest BCUT2D eigenvalue weighted by Crippen LogP contribution is 2.35. The third kappa shape index (κ3) is 4.13. The molecule has 0 aromatic heterocycles. The molecule has 1 saturated heterocycles. The first-order valence-corrected chi connectivity index (χ1v) is 11.0. The first-order valence-electron chi connectivity index (χ1n) is 11.0. The van der Waals surface area contributed by atoms with Crippen LogP contribution in [0.2, 0.25) is 0 Å². The number of hydrogen-bond acceptors (Lipinski definition) is 5. The Labute approximate surface area is 187 Å². The molecule has 0 radical (unpaired) electrons. The van der Waals surface area contributed by atoms with Crippen LogP contribution in [0.3, 0.4) is 0 Å². The van der Waals surface area contributed by atoms with Crippen LogP contribution in [0.15, 0.2) is 18.2 Å². The summed E-state index contributed by atoms with van der Waals surface area (Å²) in [5, 5.41) is 2.34. The maximum Gasteiger partial charge on any atom is 0.410 e. The number of carbonyl (C=O) groups is 4. The maximum absolute atomic E-state index is 13.0. The Morgan fingerprint density at radius 1 is 1.12 bits per heavy atom. The lowest BCUT2D eigenvalue weighted by atomic mass is 9.91. The van der Waals surface area contributed by atoms with Gasteiger partial charge in [0.05, 0.1) is 0 Å². The van der Waals surface area contributed by atoms with E-state index in [0.717, 1.165) is 22.3 Å². The molecule has 1 aromatic rings. The Bertz CT molecular complexity index is 1040. The number of imide groups is 1. The molecule has 1 unspecified atom stereocenters. The van der Waals surface area contributed by atoms with E-state index < -0.39 is 17.6 Å². The van der Waals surface area contributed by atoms with Crippen molar-refractivity contribution >= 4 is 29.4 Å². The number of fused-ring (bicyclic) bond motifs is 1. The molecule has 1 N–H and O–H groups in total. The maximum atomic E-state index is 13.0. The Morgan fingerprint density at radius 2 is 1.84 bits per heavy atom. The number of hydrogen-bond donors (Lipinski definition) is 1. The van der Waals surface area contributed by atoms with Crippen molar-refractivity contribution < 1.29 is 23.9 Å². The number of nitrogens with one attached hydrogen (secondary N) is 1. The second-order valence-corrected chi connectivity index (χ2v) is 9.57. The summed E-state index contributed by atoms with van der Waals surface area (Å²) in [6.45, 7) is 8.95. The number of benzene rings is 1. The highest BCUT2D eigenvalue weighted by atomic mass is 16.6. The van der Waals surface area contributed by atoms with Crippen molar-refractivity contribution in [2.45, 2.75) is 65.1 Å². The van der Waals surface area contributed by atoms with E-state index >= 15 is 0 Å². The molecular weight excluding hydrogens is 410 g/mol. The first kappa shape index (κ1) is 22.0. The van der Waals surface area contributed by atoms with Gasteiger partial charge in [-0.25, -0.2) is 4.79 Å². The van der Waals surface area contributed by atoms with Gasteiger partial charge in [0.25, 0.3) is 5.91 Å². The molecule has 32 heavy (non-hydrogen) atoms. The molecule has 4 rings (SSSR count). The minimum Gasteiger partial charge on any atom is -0.444 e. The Hall–Kier alpha value is -3.16. The monoisotopic (exact) mass is 439 g/mol. The van der Waals surface area contributed by atoms with Crippen molar-refractivity contribution in [1.29, 1.82) is 0 Å². The summed E-state index contributed by atoms with van der Waals surface area (Å²) >= 11 is 0. The van der Waals surface area contributed by atoms with Gasteiger partial charge >= 0.3 is 6.09 Å². The van der Waals surface area contributed by atoms with Gasteiger partial charge in [-0.15, -0.1) is 0 Å². The molecule has 3 heterocycles. The number of piperidine rings is 1. The van der Waals surface area contributed by atoms with Crippen LogP contribution in [0.5, 0.6) is 0 Å². The minimum atomic E-state index is -0.619. The van der Waals surface area contributed by atoms with Gasteiger partial charge in [-0.2, -0.15) is 0 Å². The highest BCUT2D eigenvalue weighted by molar-refractivity contribution is 6.05. The van der Waals surface area contributed by atoms with E-state index in [0.29, 0.717) is 38.0 Å². The van der Waals surface area contributed by atoms with Gasteiger partial charge in [0.15, 0.2) is 0 Å². The number of carbonyl (C=O) groups excluding carboxylic acids is 4.